The molecular formula is C22H39NO3. The summed E-state index contributed by atoms with van der Waals surface area (Å²) in [7, 11) is 0. The minimum Gasteiger partial charge on any atom is -0.463 e. The molecule has 0 aliphatic heterocycles. The van der Waals surface area contributed by atoms with Crippen LogP contribution >= 0.6 is 0 Å². The van der Waals surface area contributed by atoms with Crippen molar-refractivity contribution in [2.24, 2.45) is 4.99 Å². The molecule has 0 heterocycles. The highest BCUT2D eigenvalue weighted by molar-refractivity contribution is 5.81. The van der Waals surface area contributed by atoms with Crippen LogP contribution in [-0.4, -0.2) is 25.2 Å². The van der Waals surface area contributed by atoms with E-state index in [9.17, 15) is 9.59 Å². The summed E-state index contributed by atoms with van der Waals surface area (Å²) in [6, 6.07) is 0. The third-order valence-corrected chi connectivity index (χ3v) is 4.64. The van der Waals surface area contributed by atoms with Crippen LogP contribution in [0.5, 0.6) is 0 Å². The van der Waals surface area contributed by atoms with E-state index in [-0.39, 0.29) is 5.97 Å². The summed E-state index contributed by atoms with van der Waals surface area (Å²) in [6.07, 6.45) is 23.2. The van der Waals surface area contributed by atoms with Crippen LogP contribution in [0.3, 0.4) is 0 Å². The molecule has 0 rings (SSSR count). The monoisotopic (exact) mass is 365 g/mol. The van der Waals surface area contributed by atoms with Crippen molar-refractivity contribution in [1.29, 1.82) is 0 Å². The second-order valence-corrected chi connectivity index (χ2v) is 7.00. The summed E-state index contributed by atoms with van der Waals surface area (Å²) in [5.41, 5.74) is 0. The lowest BCUT2D eigenvalue weighted by molar-refractivity contribution is -0.137. The summed E-state index contributed by atoms with van der Waals surface area (Å²) in [4.78, 5) is 24.3. The van der Waals surface area contributed by atoms with Gasteiger partial charge in [0.1, 0.15) is 0 Å². The zero-order chi connectivity index (χ0) is 19.1. The maximum absolute atomic E-state index is 10.8. The zero-order valence-corrected chi connectivity index (χ0v) is 16.7. The number of isocyanates is 1. The largest absolute Gasteiger partial charge is 0.463 e. The van der Waals surface area contributed by atoms with E-state index in [2.05, 4.69) is 11.6 Å². The van der Waals surface area contributed by atoms with E-state index in [1.165, 1.54) is 89.5 Å². The first-order chi connectivity index (χ1) is 12.8. The van der Waals surface area contributed by atoms with Gasteiger partial charge in [0.05, 0.1) is 13.2 Å². The Kier molecular flexibility index (Phi) is 20.5. The number of nitrogens with zero attached hydrogens (tertiary/aromatic N) is 1. The van der Waals surface area contributed by atoms with Crippen molar-refractivity contribution in [2.75, 3.05) is 13.2 Å². The lowest BCUT2D eigenvalue weighted by atomic mass is 10.0. The van der Waals surface area contributed by atoms with Crippen LogP contribution in [0.2, 0.25) is 0 Å². The van der Waals surface area contributed by atoms with E-state index in [0.717, 1.165) is 19.3 Å². The van der Waals surface area contributed by atoms with Crippen molar-refractivity contribution in [2.45, 2.75) is 103 Å². The normalized spacial score (nSPS) is 10.3. The zero-order valence-electron chi connectivity index (χ0n) is 16.7. The molecule has 4 nitrogen and oxygen atoms in total. The smallest absolute Gasteiger partial charge is 0.330 e. The van der Waals surface area contributed by atoms with Crippen LogP contribution in [0.1, 0.15) is 103 Å². The second kappa shape index (κ2) is 21.6. The molecule has 0 radical (unpaired) electrons. The van der Waals surface area contributed by atoms with E-state index in [1.807, 2.05) is 0 Å². The SMILES string of the molecule is C=CC(=O)OCCCCCCCCCCCCCCCCCCN=C=O. The van der Waals surface area contributed by atoms with Crippen molar-refractivity contribution in [3.8, 4) is 0 Å². The minimum atomic E-state index is -0.314. The quantitative estimate of drug-likeness (QED) is 0.0837. The minimum absolute atomic E-state index is 0.314. The Morgan fingerprint density at radius 1 is 0.731 bits per heavy atom. The Hall–Kier alpha value is -1.41. The first-order valence-electron chi connectivity index (χ1n) is 10.6. The summed E-state index contributed by atoms with van der Waals surface area (Å²) in [6.45, 7) is 4.55. The van der Waals surface area contributed by atoms with Gasteiger partial charge in [0.2, 0.25) is 6.08 Å². The number of hydrogen-bond acceptors (Lipinski definition) is 4. The van der Waals surface area contributed by atoms with Crippen LogP contribution < -0.4 is 0 Å². The average Bonchev–Trinajstić information content (AvgIpc) is 2.66. The van der Waals surface area contributed by atoms with Crippen molar-refractivity contribution in [1.82, 2.24) is 0 Å². The number of ether oxygens (including phenoxy) is 1. The third-order valence-electron chi connectivity index (χ3n) is 4.64. The average molecular weight is 366 g/mol. The predicted octanol–water partition coefficient (Wildman–Crippen LogP) is 6.29. The number of hydrogen-bond donors (Lipinski definition) is 0. The van der Waals surface area contributed by atoms with Crippen LogP contribution in [0.25, 0.3) is 0 Å². The molecule has 26 heavy (non-hydrogen) atoms. The maximum atomic E-state index is 10.8. The second-order valence-electron chi connectivity index (χ2n) is 7.00. The third kappa shape index (κ3) is 20.6. The molecular weight excluding hydrogens is 326 g/mol. The van der Waals surface area contributed by atoms with Crippen LogP contribution in [-0.2, 0) is 14.3 Å². The Labute approximate surface area is 160 Å². The Balaban J connectivity index is 3.04. The Bertz CT molecular complexity index is 376. The predicted molar refractivity (Wildman–Crippen MR) is 108 cm³/mol. The molecule has 0 bridgehead atoms. The van der Waals surface area contributed by atoms with E-state index in [1.54, 1.807) is 6.08 Å². The summed E-state index contributed by atoms with van der Waals surface area (Å²) in [5.74, 6) is -0.314. The van der Waals surface area contributed by atoms with E-state index in [0.29, 0.717) is 13.2 Å². The fraction of sp³-hybridized carbons (Fsp3) is 0.818. The maximum Gasteiger partial charge on any atom is 0.330 e. The number of carbonyl (C=O) groups is 1. The van der Waals surface area contributed by atoms with Crippen molar-refractivity contribution >= 4 is 12.0 Å². The Morgan fingerprint density at radius 2 is 1.12 bits per heavy atom. The van der Waals surface area contributed by atoms with Gasteiger partial charge >= 0.3 is 5.97 Å². The number of aliphatic imine (C=N–C) groups is 1. The molecule has 0 aromatic heterocycles. The standard InChI is InChI=1S/C22H39NO3/c1-2-22(25)26-20-18-16-14-12-10-8-6-4-3-5-7-9-11-13-15-17-19-23-21-24/h2H,1,3-20H2. The van der Waals surface area contributed by atoms with Crippen molar-refractivity contribution < 1.29 is 14.3 Å². The summed E-state index contributed by atoms with van der Waals surface area (Å²) >= 11 is 0. The lowest BCUT2D eigenvalue weighted by Gasteiger charge is -2.04. The van der Waals surface area contributed by atoms with E-state index >= 15 is 0 Å². The molecule has 0 saturated heterocycles. The highest BCUT2D eigenvalue weighted by atomic mass is 16.5. The molecule has 4 heteroatoms. The van der Waals surface area contributed by atoms with Gasteiger partial charge in [-0.2, -0.15) is 0 Å². The van der Waals surface area contributed by atoms with E-state index in [4.69, 9.17) is 4.74 Å². The van der Waals surface area contributed by atoms with Gasteiger partial charge in [-0.25, -0.2) is 14.6 Å². The van der Waals surface area contributed by atoms with Crippen LogP contribution in [0.15, 0.2) is 17.6 Å². The molecule has 0 spiro atoms. The molecule has 150 valence electrons. The van der Waals surface area contributed by atoms with Crippen molar-refractivity contribution in [3.63, 3.8) is 0 Å². The number of unbranched alkanes of at least 4 members (excludes halogenated alkanes) is 15. The lowest BCUT2D eigenvalue weighted by Crippen LogP contribution is -2.01. The highest BCUT2D eigenvalue weighted by Gasteiger charge is 1.96. The molecule has 0 amide bonds. The molecule has 0 atom stereocenters. The van der Waals surface area contributed by atoms with Gasteiger partial charge in [-0.1, -0.05) is 96.5 Å². The van der Waals surface area contributed by atoms with Gasteiger partial charge in [0, 0.05) is 6.08 Å². The fourth-order valence-corrected chi connectivity index (χ4v) is 3.05. The number of esters is 1. The van der Waals surface area contributed by atoms with Gasteiger partial charge in [0.25, 0.3) is 0 Å². The highest BCUT2D eigenvalue weighted by Crippen LogP contribution is 2.13. The summed E-state index contributed by atoms with van der Waals surface area (Å²) < 4.78 is 4.95. The van der Waals surface area contributed by atoms with Gasteiger partial charge in [-0.15, -0.1) is 0 Å². The number of carbonyl (C=O) groups excluding carboxylic acids is 2. The van der Waals surface area contributed by atoms with Gasteiger partial charge < -0.3 is 4.74 Å². The summed E-state index contributed by atoms with van der Waals surface area (Å²) in [5, 5.41) is 0. The molecule has 0 N–H and O–H groups in total. The molecule has 0 aromatic rings. The first-order valence-corrected chi connectivity index (χ1v) is 10.6. The topological polar surface area (TPSA) is 55.7 Å². The molecule has 0 aliphatic carbocycles. The van der Waals surface area contributed by atoms with Crippen LogP contribution in [0, 0.1) is 0 Å². The molecule has 0 aromatic carbocycles. The fourth-order valence-electron chi connectivity index (χ4n) is 3.05. The van der Waals surface area contributed by atoms with Gasteiger partial charge in [-0.05, 0) is 12.8 Å². The molecule has 0 unspecified atom stereocenters. The van der Waals surface area contributed by atoms with Gasteiger partial charge in [-0.3, -0.25) is 0 Å². The van der Waals surface area contributed by atoms with Crippen LogP contribution in [0.4, 0.5) is 0 Å². The van der Waals surface area contributed by atoms with Crippen molar-refractivity contribution in [3.05, 3.63) is 12.7 Å². The molecule has 0 saturated carbocycles. The molecule has 0 aliphatic rings. The van der Waals surface area contributed by atoms with E-state index < -0.39 is 0 Å². The first kappa shape index (κ1) is 24.6. The number of rotatable bonds is 20. The molecule has 0 fully saturated rings. The Morgan fingerprint density at radius 3 is 1.50 bits per heavy atom. The van der Waals surface area contributed by atoms with Gasteiger partial charge in [0.15, 0.2) is 0 Å².